The van der Waals surface area contributed by atoms with Crippen LogP contribution < -0.4 is 5.32 Å². The van der Waals surface area contributed by atoms with E-state index >= 15 is 0 Å². The molecule has 2 atom stereocenters. The number of halogens is 1. The number of carboxylic acids is 1. The van der Waals surface area contributed by atoms with Crippen molar-refractivity contribution in [3.63, 3.8) is 0 Å². The molecule has 0 aromatic heterocycles. The van der Waals surface area contributed by atoms with Crippen LogP contribution in [0.2, 0.25) is 5.02 Å². The van der Waals surface area contributed by atoms with Crippen LogP contribution in [-0.2, 0) is 4.79 Å². The van der Waals surface area contributed by atoms with Crippen molar-refractivity contribution in [3.05, 3.63) is 34.3 Å². The van der Waals surface area contributed by atoms with Gasteiger partial charge in [-0.2, -0.15) is 0 Å². The van der Waals surface area contributed by atoms with Gasteiger partial charge in [0.1, 0.15) is 6.04 Å². The molecular weight excluding hydrogens is 266 g/mol. The lowest BCUT2D eigenvalue weighted by molar-refractivity contribution is -0.140. The van der Waals surface area contributed by atoms with Crippen molar-refractivity contribution in [3.8, 4) is 0 Å². The number of nitrogens with one attached hydrogen (secondary N) is 1. The topological polar surface area (TPSA) is 66.4 Å². The van der Waals surface area contributed by atoms with E-state index in [1.165, 1.54) is 0 Å². The summed E-state index contributed by atoms with van der Waals surface area (Å²) in [6.07, 6.45) is 0.677. The lowest BCUT2D eigenvalue weighted by Crippen LogP contribution is -2.45. The molecule has 1 rings (SSSR count). The summed E-state index contributed by atoms with van der Waals surface area (Å²) in [5.41, 5.74) is 1.20. The molecule has 1 aromatic carbocycles. The minimum Gasteiger partial charge on any atom is -0.480 e. The Kier molecular flexibility index (Phi) is 5.36. The number of rotatable bonds is 5. The lowest BCUT2D eigenvalue weighted by atomic mass is 9.99. The summed E-state index contributed by atoms with van der Waals surface area (Å²) in [6.45, 7) is 5.48. The van der Waals surface area contributed by atoms with Crippen molar-refractivity contribution < 1.29 is 14.7 Å². The van der Waals surface area contributed by atoms with Gasteiger partial charge in [-0.05, 0) is 36.6 Å². The monoisotopic (exact) mass is 283 g/mol. The van der Waals surface area contributed by atoms with E-state index in [1.807, 2.05) is 6.92 Å². The molecule has 0 aliphatic rings. The number of carbonyl (C=O) groups is 2. The van der Waals surface area contributed by atoms with Gasteiger partial charge in [-0.25, -0.2) is 4.79 Å². The molecule has 0 radical (unpaired) electrons. The second-order valence-corrected chi connectivity index (χ2v) is 5.05. The predicted octanol–water partition coefficient (Wildman–Crippen LogP) is 2.88. The largest absolute Gasteiger partial charge is 0.480 e. The first kappa shape index (κ1) is 15.5. The predicted molar refractivity (Wildman–Crippen MR) is 74.5 cm³/mol. The standard InChI is InChI=1S/C14H18ClNO3/c1-4-8(2)12(14(18)19)16-13(17)10-5-6-11(15)9(3)7-10/h5-8,12H,4H2,1-3H3,(H,16,17)(H,18,19). The molecular formula is C14H18ClNO3. The Morgan fingerprint density at radius 2 is 2.05 bits per heavy atom. The van der Waals surface area contributed by atoms with Crippen LogP contribution in [-0.4, -0.2) is 23.0 Å². The fraction of sp³-hybridized carbons (Fsp3) is 0.429. The van der Waals surface area contributed by atoms with Gasteiger partial charge in [0, 0.05) is 10.6 Å². The van der Waals surface area contributed by atoms with E-state index in [-0.39, 0.29) is 5.92 Å². The van der Waals surface area contributed by atoms with E-state index < -0.39 is 17.9 Å². The Hall–Kier alpha value is -1.55. The molecule has 1 amide bonds. The molecule has 0 saturated heterocycles. The van der Waals surface area contributed by atoms with E-state index in [2.05, 4.69) is 5.32 Å². The van der Waals surface area contributed by atoms with Crippen LogP contribution in [0.5, 0.6) is 0 Å². The minimum atomic E-state index is -1.02. The Labute approximate surface area is 117 Å². The number of hydrogen-bond donors (Lipinski definition) is 2. The zero-order valence-electron chi connectivity index (χ0n) is 11.2. The van der Waals surface area contributed by atoms with Crippen LogP contribution >= 0.6 is 11.6 Å². The molecule has 104 valence electrons. The van der Waals surface area contributed by atoms with Crippen LogP contribution in [0, 0.1) is 12.8 Å². The van der Waals surface area contributed by atoms with Crippen LogP contribution in [0.1, 0.15) is 36.2 Å². The van der Waals surface area contributed by atoms with Crippen molar-refractivity contribution >= 4 is 23.5 Å². The maximum absolute atomic E-state index is 12.0. The molecule has 19 heavy (non-hydrogen) atoms. The zero-order chi connectivity index (χ0) is 14.6. The number of amides is 1. The van der Waals surface area contributed by atoms with Crippen molar-refractivity contribution in [1.29, 1.82) is 0 Å². The molecule has 0 bridgehead atoms. The number of aliphatic carboxylic acids is 1. The van der Waals surface area contributed by atoms with Crippen LogP contribution in [0.25, 0.3) is 0 Å². The Balaban J connectivity index is 2.87. The third kappa shape index (κ3) is 3.96. The lowest BCUT2D eigenvalue weighted by Gasteiger charge is -2.20. The van der Waals surface area contributed by atoms with E-state index in [9.17, 15) is 9.59 Å². The third-order valence-electron chi connectivity index (χ3n) is 3.19. The normalized spacial score (nSPS) is 13.7. The second kappa shape index (κ2) is 6.57. The van der Waals surface area contributed by atoms with Crippen molar-refractivity contribution in [1.82, 2.24) is 5.32 Å². The number of benzene rings is 1. The van der Waals surface area contributed by atoms with Gasteiger partial charge in [0.15, 0.2) is 0 Å². The first-order valence-corrected chi connectivity index (χ1v) is 6.54. The summed E-state index contributed by atoms with van der Waals surface area (Å²) in [5.74, 6) is -1.55. The highest BCUT2D eigenvalue weighted by Crippen LogP contribution is 2.17. The Morgan fingerprint density at radius 1 is 1.42 bits per heavy atom. The summed E-state index contributed by atoms with van der Waals surface area (Å²) >= 11 is 5.89. The molecule has 0 aliphatic carbocycles. The fourth-order valence-corrected chi connectivity index (χ4v) is 1.81. The quantitative estimate of drug-likeness (QED) is 0.873. The molecule has 0 fully saturated rings. The Morgan fingerprint density at radius 3 is 2.53 bits per heavy atom. The van der Waals surface area contributed by atoms with Crippen molar-refractivity contribution in [2.75, 3.05) is 0 Å². The van der Waals surface area contributed by atoms with E-state index in [1.54, 1.807) is 32.0 Å². The minimum absolute atomic E-state index is 0.130. The molecule has 1 aromatic rings. The van der Waals surface area contributed by atoms with Gasteiger partial charge in [-0.1, -0.05) is 31.9 Å². The molecule has 0 saturated carbocycles. The van der Waals surface area contributed by atoms with Crippen molar-refractivity contribution in [2.45, 2.75) is 33.2 Å². The number of carbonyl (C=O) groups excluding carboxylic acids is 1. The second-order valence-electron chi connectivity index (χ2n) is 4.64. The maximum atomic E-state index is 12.0. The fourth-order valence-electron chi connectivity index (χ4n) is 1.69. The van der Waals surface area contributed by atoms with Gasteiger partial charge in [-0.3, -0.25) is 4.79 Å². The van der Waals surface area contributed by atoms with Gasteiger partial charge in [0.05, 0.1) is 0 Å². The number of carboxylic acid groups (broad SMARTS) is 1. The number of aryl methyl sites for hydroxylation is 1. The van der Waals surface area contributed by atoms with Gasteiger partial charge in [0.2, 0.25) is 0 Å². The summed E-state index contributed by atoms with van der Waals surface area (Å²) in [5, 5.41) is 12.3. The van der Waals surface area contributed by atoms with Gasteiger partial charge in [0.25, 0.3) is 5.91 Å². The highest BCUT2D eigenvalue weighted by molar-refractivity contribution is 6.31. The molecule has 4 nitrogen and oxygen atoms in total. The van der Waals surface area contributed by atoms with Gasteiger partial charge < -0.3 is 10.4 Å². The smallest absolute Gasteiger partial charge is 0.326 e. The van der Waals surface area contributed by atoms with Crippen molar-refractivity contribution in [2.24, 2.45) is 5.92 Å². The molecule has 2 N–H and O–H groups in total. The van der Waals surface area contributed by atoms with E-state index in [0.717, 1.165) is 5.56 Å². The van der Waals surface area contributed by atoms with Crippen LogP contribution in [0.4, 0.5) is 0 Å². The summed E-state index contributed by atoms with van der Waals surface area (Å²) in [6, 6.07) is 3.98. The third-order valence-corrected chi connectivity index (χ3v) is 3.61. The van der Waals surface area contributed by atoms with Crippen LogP contribution in [0.3, 0.4) is 0 Å². The van der Waals surface area contributed by atoms with Gasteiger partial charge >= 0.3 is 5.97 Å². The zero-order valence-corrected chi connectivity index (χ0v) is 12.0. The maximum Gasteiger partial charge on any atom is 0.326 e. The first-order valence-electron chi connectivity index (χ1n) is 6.16. The summed E-state index contributed by atoms with van der Waals surface area (Å²) < 4.78 is 0. The number of hydrogen-bond acceptors (Lipinski definition) is 2. The average molecular weight is 284 g/mol. The Bertz CT molecular complexity index is 488. The molecule has 0 heterocycles. The summed E-state index contributed by atoms with van der Waals surface area (Å²) in [7, 11) is 0. The highest BCUT2D eigenvalue weighted by atomic mass is 35.5. The SMILES string of the molecule is CCC(C)C(NC(=O)c1ccc(Cl)c(C)c1)C(=O)O. The molecule has 2 unspecified atom stereocenters. The molecule has 0 aliphatic heterocycles. The molecule has 5 heteroatoms. The van der Waals surface area contributed by atoms with Crippen LogP contribution in [0.15, 0.2) is 18.2 Å². The summed E-state index contributed by atoms with van der Waals surface area (Å²) in [4.78, 5) is 23.2. The highest BCUT2D eigenvalue weighted by Gasteiger charge is 2.25. The molecule has 0 spiro atoms. The average Bonchev–Trinajstić information content (AvgIpc) is 2.37. The van der Waals surface area contributed by atoms with Gasteiger partial charge in [-0.15, -0.1) is 0 Å². The van der Waals surface area contributed by atoms with E-state index in [4.69, 9.17) is 16.7 Å². The van der Waals surface area contributed by atoms with E-state index in [0.29, 0.717) is 17.0 Å². The first-order chi connectivity index (χ1) is 8.86.